The van der Waals surface area contributed by atoms with Crippen LogP contribution in [0.2, 0.25) is 0 Å². The molecule has 3 N–H and O–H groups in total. The Bertz CT molecular complexity index is 533. The minimum absolute atomic E-state index is 0.0959. The maximum atomic E-state index is 12.0. The third kappa shape index (κ3) is 6.82. The van der Waals surface area contributed by atoms with E-state index in [1.807, 2.05) is 37.3 Å². The lowest BCUT2D eigenvalue weighted by atomic mass is 10.1. The first kappa shape index (κ1) is 18.5. The highest BCUT2D eigenvalue weighted by Crippen LogP contribution is 2.03. The van der Waals surface area contributed by atoms with E-state index in [9.17, 15) is 14.4 Å². The largest absolute Gasteiger partial charge is 0.480 e. The van der Waals surface area contributed by atoms with Crippen LogP contribution in [0.4, 0.5) is 4.79 Å². The van der Waals surface area contributed by atoms with E-state index >= 15 is 0 Å². The van der Waals surface area contributed by atoms with Crippen molar-refractivity contribution in [1.29, 1.82) is 0 Å². The fourth-order valence-electron chi connectivity index (χ4n) is 1.84. The van der Waals surface area contributed by atoms with Crippen molar-refractivity contribution in [3.05, 3.63) is 35.9 Å². The topological polar surface area (TPSA) is 105 Å². The van der Waals surface area contributed by atoms with Crippen molar-refractivity contribution in [2.75, 3.05) is 0 Å². The first-order valence-corrected chi connectivity index (χ1v) is 7.44. The molecule has 126 valence electrons. The minimum Gasteiger partial charge on any atom is -0.480 e. The third-order valence-corrected chi connectivity index (χ3v) is 3.13. The molecule has 0 saturated carbocycles. The van der Waals surface area contributed by atoms with Gasteiger partial charge in [-0.2, -0.15) is 0 Å². The SMILES string of the molecule is CCC[C@H](NC(=O)OCc1ccccc1)C(=O)N[C@H](C)C(=O)O. The molecule has 0 radical (unpaired) electrons. The number of hydrogen-bond acceptors (Lipinski definition) is 4. The van der Waals surface area contributed by atoms with Gasteiger partial charge in [-0.3, -0.25) is 9.59 Å². The highest BCUT2D eigenvalue weighted by atomic mass is 16.5. The molecule has 0 unspecified atom stereocenters. The predicted molar refractivity (Wildman–Crippen MR) is 83.7 cm³/mol. The maximum Gasteiger partial charge on any atom is 0.408 e. The molecule has 0 aromatic heterocycles. The molecule has 0 bridgehead atoms. The summed E-state index contributed by atoms with van der Waals surface area (Å²) in [5.74, 6) is -1.68. The number of carboxylic acids is 1. The molecule has 2 atom stereocenters. The molecule has 1 aromatic rings. The second kappa shape index (κ2) is 9.45. The molecule has 7 nitrogen and oxygen atoms in total. The van der Waals surface area contributed by atoms with E-state index < -0.39 is 30.1 Å². The van der Waals surface area contributed by atoms with Crippen LogP contribution in [-0.2, 0) is 20.9 Å². The zero-order valence-corrected chi connectivity index (χ0v) is 13.2. The number of carbonyl (C=O) groups is 3. The fraction of sp³-hybridized carbons (Fsp3) is 0.438. The Balaban J connectivity index is 2.52. The van der Waals surface area contributed by atoms with Crippen molar-refractivity contribution in [2.24, 2.45) is 0 Å². The highest BCUT2D eigenvalue weighted by Gasteiger charge is 2.23. The number of hydrogen-bond donors (Lipinski definition) is 3. The van der Waals surface area contributed by atoms with Gasteiger partial charge in [0, 0.05) is 0 Å². The number of carbonyl (C=O) groups excluding carboxylic acids is 2. The van der Waals surface area contributed by atoms with Gasteiger partial charge in [-0.05, 0) is 18.9 Å². The molecule has 0 aliphatic rings. The van der Waals surface area contributed by atoms with Crippen LogP contribution < -0.4 is 10.6 Å². The summed E-state index contributed by atoms with van der Waals surface area (Å²) in [6, 6.07) is 7.30. The third-order valence-electron chi connectivity index (χ3n) is 3.13. The van der Waals surface area contributed by atoms with Crippen molar-refractivity contribution >= 4 is 18.0 Å². The standard InChI is InChI=1S/C16H22N2O5/c1-3-7-13(14(19)17-11(2)15(20)21)18-16(22)23-10-12-8-5-4-6-9-12/h4-6,8-9,11,13H,3,7,10H2,1-2H3,(H,17,19)(H,18,22)(H,20,21)/t11-,13+/m1/s1. The van der Waals surface area contributed by atoms with E-state index in [-0.39, 0.29) is 6.61 Å². The monoisotopic (exact) mass is 322 g/mol. The van der Waals surface area contributed by atoms with Crippen LogP contribution in [0.1, 0.15) is 32.3 Å². The second-order valence-electron chi connectivity index (χ2n) is 5.12. The number of aliphatic carboxylic acids is 1. The molecular formula is C16H22N2O5. The van der Waals surface area contributed by atoms with Crippen molar-refractivity contribution in [3.63, 3.8) is 0 Å². The van der Waals surface area contributed by atoms with Gasteiger partial charge >= 0.3 is 12.1 Å². The summed E-state index contributed by atoms with van der Waals surface area (Å²) in [4.78, 5) is 34.6. The number of nitrogens with one attached hydrogen (secondary N) is 2. The fourth-order valence-corrected chi connectivity index (χ4v) is 1.84. The van der Waals surface area contributed by atoms with Crippen LogP contribution >= 0.6 is 0 Å². The summed E-state index contributed by atoms with van der Waals surface area (Å²) in [7, 11) is 0. The maximum absolute atomic E-state index is 12.0. The number of benzene rings is 1. The number of rotatable bonds is 8. The summed E-state index contributed by atoms with van der Waals surface area (Å²) < 4.78 is 5.06. The molecule has 7 heteroatoms. The van der Waals surface area contributed by atoms with Crippen LogP contribution in [0.3, 0.4) is 0 Å². The lowest BCUT2D eigenvalue weighted by Gasteiger charge is -2.19. The van der Waals surface area contributed by atoms with E-state index in [1.165, 1.54) is 6.92 Å². The average molecular weight is 322 g/mol. The first-order valence-electron chi connectivity index (χ1n) is 7.44. The van der Waals surface area contributed by atoms with E-state index in [1.54, 1.807) is 0 Å². The molecule has 0 spiro atoms. The molecule has 0 saturated heterocycles. The molecule has 23 heavy (non-hydrogen) atoms. The minimum atomic E-state index is -1.14. The second-order valence-corrected chi connectivity index (χ2v) is 5.12. The van der Waals surface area contributed by atoms with Crippen LogP contribution in [0.15, 0.2) is 30.3 Å². The van der Waals surface area contributed by atoms with Gasteiger partial charge in [-0.15, -0.1) is 0 Å². The van der Waals surface area contributed by atoms with Crippen molar-refractivity contribution in [2.45, 2.75) is 45.4 Å². The van der Waals surface area contributed by atoms with Crippen LogP contribution in [0.5, 0.6) is 0 Å². The average Bonchev–Trinajstić information content (AvgIpc) is 2.53. The summed E-state index contributed by atoms with van der Waals surface area (Å²) in [5, 5.41) is 13.6. The lowest BCUT2D eigenvalue weighted by Crippen LogP contribution is -2.50. The Morgan fingerprint density at radius 3 is 2.39 bits per heavy atom. The van der Waals surface area contributed by atoms with Crippen LogP contribution in [-0.4, -0.2) is 35.2 Å². The van der Waals surface area contributed by atoms with Gasteiger partial charge in [-0.25, -0.2) is 4.79 Å². The molecule has 1 rings (SSSR count). The molecule has 0 aliphatic heterocycles. The first-order chi connectivity index (χ1) is 10.9. The Kier molecular flexibility index (Phi) is 7.59. The Morgan fingerprint density at radius 2 is 1.83 bits per heavy atom. The molecule has 0 heterocycles. The summed E-state index contributed by atoms with van der Waals surface area (Å²) in [6.07, 6.45) is 0.322. The quantitative estimate of drug-likeness (QED) is 0.675. The Morgan fingerprint density at radius 1 is 1.17 bits per heavy atom. The Hall–Kier alpha value is -2.57. The van der Waals surface area contributed by atoms with Gasteiger partial charge in [0.25, 0.3) is 0 Å². The van der Waals surface area contributed by atoms with Gasteiger partial charge in [0.2, 0.25) is 5.91 Å². The summed E-state index contributed by atoms with van der Waals surface area (Å²) in [5.41, 5.74) is 0.832. The van der Waals surface area contributed by atoms with E-state index in [0.717, 1.165) is 5.56 Å². The number of carboxylic acid groups (broad SMARTS) is 1. The molecular weight excluding hydrogens is 300 g/mol. The summed E-state index contributed by atoms with van der Waals surface area (Å²) >= 11 is 0. The van der Waals surface area contributed by atoms with Crippen molar-refractivity contribution < 1.29 is 24.2 Å². The zero-order valence-electron chi connectivity index (χ0n) is 13.2. The summed E-state index contributed by atoms with van der Waals surface area (Å²) in [6.45, 7) is 3.31. The number of amides is 2. The lowest BCUT2D eigenvalue weighted by molar-refractivity contribution is -0.141. The van der Waals surface area contributed by atoms with Crippen molar-refractivity contribution in [3.8, 4) is 0 Å². The predicted octanol–water partition coefficient (Wildman–Crippen LogP) is 1.67. The van der Waals surface area contributed by atoms with Gasteiger partial charge in [0.15, 0.2) is 0 Å². The van der Waals surface area contributed by atoms with Gasteiger partial charge in [-0.1, -0.05) is 43.7 Å². The molecule has 2 amide bonds. The zero-order chi connectivity index (χ0) is 17.2. The Labute approximate surface area is 135 Å². The smallest absolute Gasteiger partial charge is 0.408 e. The van der Waals surface area contributed by atoms with Gasteiger partial charge < -0.3 is 20.5 Å². The highest BCUT2D eigenvalue weighted by molar-refractivity contribution is 5.89. The van der Waals surface area contributed by atoms with E-state index in [2.05, 4.69) is 10.6 Å². The molecule has 0 fully saturated rings. The van der Waals surface area contributed by atoms with Crippen molar-refractivity contribution in [1.82, 2.24) is 10.6 Å². The number of alkyl carbamates (subject to hydrolysis) is 1. The van der Waals surface area contributed by atoms with E-state index in [4.69, 9.17) is 9.84 Å². The molecule has 1 aromatic carbocycles. The number of ether oxygens (including phenoxy) is 1. The van der Waals surface area contributed by atoms with Crippen LogP contribution in [0, 0.1) is 0 Å². The van der Waals surface area contributed by atoms with E-state index in [0.29, 0.717) is 12.8 Å². The van der Waals surface area contributed by atoms with Gasteiger partial charge in [0.1, 0.15) is 18.7 Å². The van der Waals surface area contributed by atoms with Gasteiger partial charge in [0.05, 0.1) is 0 Å². The molecule has 0 aliphatic carbocycles. The van der Waals surface area contributed by atoms with Crippen LogP contribution in [0.25, 0.3) is 0 Å². The normalized spacial score (nSPS) is 12.8.